The number of methoxy groups -OCH3 is 1. The molecule has 0 bridgehead atoms. The van der Waals surface area contributed by atoms with E-state index in [0.29, 0.717) is 11.5 Å². The van der Waals surface area contributed by atoms with Gasteiger partial charge in [0.15, 0.2) is 18.1 Å². The summed E-state index contributed by atoms with van der Waals surface area (Å²) >= 11 is 0. The first-order chi connectivity index (χ1) is 12.9. The zero-order valence-electron chi connectivity index (χ0n) is 14.9. The standard InChI is InChI=1S/C19H20FNO6/c1-12(27-15-6-4-14(20)5-7-15)10-21-19(24)13-3-8-16(25-2)17(9-13)26-11-18(22)23/h3-9,12H,10-11H2,1-2H3,(H,21,24)(H,22,23)/t12-/m0/s1. The van der Waals surface area contributed by atoms with E-state index >= 15 is 0 Å². The third-order valence-corrected chi connectivity index (χ3v) is 3.48. The molecule has 0 fully saturated rings. The third-order valence-electron chi connectivity index (χ3n) is 3.48. The topological polar surface area (TPSA) is 94.1 Å². The maximum absolute atomic E-state index is 12.9. The van der Waals surface area contributed by atoms with Crippen LogP contribution in [-0.2, 0) is 4.79 Å². The number of hydrogen-bond acceptors (Lipinski definition) is 5. The Labute approximate surface area is 155 Å². The fourth-order valence-corrected chi connectivity index (χ4v) is 2.20. The second-order valence-corrected chi connectivity index (χ2v) is 5.64. The summed E-state index contributed by atoms with van der Waals surface area (Å²) in [7, 11) is 1.41. The molecule has 2 rings (SSSR count). The quantitative estimate of drug-likeness (QED) is 0.697. The minimum atomic E-state index is -1.14. The molecule has 0 heterocycles. The molecule has 0 radical (unpaired) electrons. The number of carboxylic acids is 1. The fourth-order valence-electron chi connectivity index (χ4n) is 2.20. The van der Waals surface area contributed by atoms with Crippen LogP contribution in [-0.4, -0.2) is 43.3 Å². The molecule has 27 heavy (non-hydrogen) atoms. The van der Waals surface area contributed by atoms with Crippen LogP contribution in [0.2, 0.25) is 0 Å². The number of amides is 1. The van der Waals surface area contributed by atoms with Gasteiger partial charge >= 0.3 is 5.97 Å². The Hall–Kier alpha value is -3.29. The zero-order valence-corrected chi connectivity index (χ0v) is 14.9. The summed E-state index contributed by atoms with van der Waals surface area (Å²) in [5.74, 6) is -0.911. The first-order valence-electron chi connectivity index (χ1n) is 8.12. The Balaban J connectivity index is 1.95. The van der Waals surface area contributed by atoms with Crippen molar-refractivity contribution in [1.29, 1.82) is 0 Å². The lowest BCUT2D eigenvalue weighted by Crippen LogP contribution is -2.33. The summed E-state index contributed by atoms with van der Waals surface area (Å²) in [6.07, 6.45) is -0.347. The largest absolute Gasteiger partial charge is 0.493 e. The van der Waals surface area contributed by atoms with E-state index < -0.39 is 12.6 Å². The highest BCUT2D eigenvalue weighted by molar-refractivity contribution is 5.94. The van der Waals surface area contributed by atoms with Gasteiger partial charge in [0.25, 0.3) is 5.91 Å². The molecular weight excluding hydrogens is 357 g/mol. The van der Waals surface area contributed by atoms with E-state index in [-0.39, 0.29) is 35.7 Å². The molecule has 0 aliphatic carbocycles. The number of rotatable bonds is 9. The molecule has 144 valence electrons. The number of carboxylic acid groups (broad SMARTS) is 1. The number of carbonyl (C=O) groups is 2. The van der Waals surface area contributed by atoms with Gasteiger partial charge in [0.2, 0.25) is 0 Å². The van der Waals surface area contributed by atoms with Gasteiger partial charge in [0.05, 0.1) is 13.7 Å². The predicted molar refractivity (Wildman–Crippen MR) is 94.9 cm³/mol. The Bertz CT molecular complexity index is 793. The van der Waals surface area contributed by atoms with Crippen LogP contribution in [0.4, 0.5) is 4.39 Å². The van der Waals surface area contributed by atoms with Crippen LogP contribution in [0.25, 0.3) is 0 Å². The SMILES string of the molecule is COc1ccc(C(=O)NC[C@H](C)Oc2ccc(F)cc2)cc1OCC(=O)O. The Morgan fingerprint density at radius 1 is 1.15 bits per heavy atom. The highest BCUT2D eigenvalue weighted by Crippen LogP contribution is 2.28. The van der Waals surface area contributed by atoms with Crippen molar-refractivity contribution < 1.29 is 33.3 Å². The normalized spacial score (nSPS) is 11.4. The second kappa shape index (κ2) is 9.42. The minimum Gasteiger partial charge on any atom is -0.493 e. The van der Waals surface area contributed by atoms with E-state index in [1.54, 1.807) is 6.92 Å². The van der Waals surface area contributed by atoms with Crippen molar-refractivity contribution in [1.82, 2.24) is 5.32 Å². The van der Waals surface area contributed by atoms with Gasteiger partial charge in [0.1, 0.15) is 17.7 Å². The number of nitrogens with one attached hydrogen (secondary N) is 1. The number of aliphatic carboxylic acids is 1. The average Bonchev–Trinajstić information content (AvgIpc) is 2.66. The summed E-state index contributed by atoms with van der Waals surface area (Å²) in [5.41, 5.74) is 0.283. The molecule has 0 aliphatic heterocycles. The third kappa shape index (κ3) is 6.18. The van der Waals surface area contributed by atoms with Gasteiger partial charge in [-0.25, -0.2) is 9.18 Å². The van der Waals surface area contributed by atoms with Crippen LogP contribution in [0.1, 0.15) is 17.3 Å². The van der Waals surface area contributed by atoms with E-state index in [2.05, 4.69) is 5.32 Å². The molecule has 0 unspecified atom stereocenters. The number of hydrogen-bond donors (Lipinski definition) is 2. The highest BCUT2D eigenvalue weighted by atomic mass is 19.1. The lowest BCUT2D eigenvalue weighted by atomic mass is 10.2. The monoisotopic (exact) mass is 377 g/mol. The van der Waals surface area contributed by atoms with Gasteiger partial charge in [-0.05, 0) is 49.4 Å². The van der Waals surface area contributed by atoms with E-state index in [1.165, 1.54) is 49.6 Å². The summed E-state index contributed by atoms with van der Waals surface area (Å²) in [5, 5.41) is 11.4. The molecule has 1 amide bonds. The van der Waals surface area contributed by atoms with Gasteiger partial charge in [0, 0.05) is 5.56 Å². The Morgan fingerprint density at radius 2 is 1.85 bits per heavy atom. The number of carbonyl (C=O) groups excluding carboxylic acids is 1. The molecule has 7 nitrogen and oxygen atoms in total. The predicted octanol–water partition coefficient (Wildman–Crippen LogP) is 2.50. The number of ether oxygens (including phenoxy) is 3. The summed E-state index contributed by atoms with van der Waals surface area (Å²) in [6.45, 7) is 1.43. The first kappa shape index (κ1) is 20.0. The molecule has 8 heteroatoms. The lowest BCUT2D eigenvalue weighted by Gasteiger charge is -2.16. The number of halogens is 1. The van der Waals surface area contributed by atoms with Crippen LogP contribution in [0, 0.1) is 5.82 Å². The van der Waals surface area contributed by atoms with Gasteiger partial charge in [-0.15, -0.1) is 0 Å². The smallest absolute Gasteiger partial charge is 0.341 e. The second-order valence-electron chi connectivity index (χ2n) is 5.64. The molecule has 1 atom stereocenters. The highest BCUT2D eigenvalue weighted by Gasteiger charge is 2.14. The molecular formula is C19H20FNO6. The van der Waals surface area contributed by atoms with E-state index in [1.807, 2.05) is 0 Å². The van der Waals surface area contributed by atoms with E-state index in [9.17, 15) is 14.0 Å². The molecule has 0 spiro atoms. The van der Waals surface area contributed by atoms with Gasteiger partial charge in [-0.3, -0.25) is 4.79 Å². The van der Waals surface area contributed by atoms with Crippen LogP contribution >= 0.6 is 0 Å². The maximum Gasteiger partial charge on any atom is 0.341 e. The van der Waals surface area contributed by atoms with Crippen molar-refractivity contribution in [2.45, 2.75) is 13.0 Å². The lowest BCUT2D eigenvalue weighted by molar-refractivity contribution is -0.139. The van der Waals surface area contributed by atoms with E-state index in [4.69, 9.17) is 19.3 Å². The number of benzene rings is 2. The van der Waals surface area contributed by atoms with Crippen molar-refractivity contribution >= 4 is 11.9 Å². The maximum atomic E-state index is 12.9. The molecule has 0 saturated heterocycles. The van der Waals surface area contributed by atoms with Crippen LogP contribution < -0.4 is 19.5 Å². The van der Waals surface area contributed by atoms with Gasteiger partial charge in [-0.1, -0.05) is 0 Å². The molecule has 2 aromatic carbocycles. The zero-order chi connectivity index (χ0) is 19.8. The molecule has 0 aliphatic rings. The summed E-state index contributed by atoms with van der Waals surface area (Å²) < 4.78 is 28.7. The van der Waals surface area contributed by atoms with Crippen LogP contribution in [0.5, 0.6) is 17.2 Å². The van der Waals surface area contributed by atoms with Crippen molar-refractivity contribution in [2.24, 2.45) is 0 Å². The van der Waals surface area contributed by atoms with Crippen LogP contribution in [0.15, 0.2) is 42.5 Å². The molecule has 2 aromatic rings. The van der Waals surface area contributed by atoms with Crippen LogP contribution in [0.3, 0.4) is 0 Å². The van der Waals surface area contributed by atoms with E-state index in [0.717, 1.165) is 0 Å². The summed E-state index contributed by atoms with van der Waals surface area (Å²) in [6, 6.07) is 10.0. The van der Waals surface area contributed by atoms with Crippen molar-refractivity contribution in [3.8, 4) is 17.2 Å². The molecule has 0 aromatic heterocycles. The van der Waals surface area contributed by atoms with Crippen molar-refractivity contribution in [3.63, 3.8) is 0 Å². The minimum absolute atomic E-state index is 0.156. The van der Waals surface area contributed by atoms with Gasteiger partial charge in [-0.2, -0.15) is 0 Å². The van der Waals surface area contributed by atoms with Crippen molar-refractivity contribution in [3.05, 3.63) is 53.8 Å². The molecule has 0 saturated carbocycles. The fraction of sp³-hybridized carbons (Fsp3) is 0.263. The van der Waals surface area contributed by atoms with Gasteiger partial charge < -0.3 is 24.6 Å². The van der Waals surface area contributed by atoms with Crippen molar-refractivity contribution in [2.75, 3.05) is 20.3 Å². The average molecular weight is 377 g/mol. The summed E-state index contributed by atoms with van der Waals surface area (Å²) in [4.78, 5) is 23.0. The first-order valence-corrected chi connectivity index (χ1v) is 8.12. The Morgan fingerprint density at radius 3 is 2.48 bits per heavy atom. The Kier molecular flexibility index (Phi) is 6.99. The molecule has 2 N–H and O–H groups in total.